The summed E-state index contributed by atoms with van der Waals surface area (Å²) in [6.07, 6.45) is 1.17. The summed E-state index contributed by atoms with van der Waals surface area (Å²) in [6, 6.07) is 13.2. The molecule has 0 spiro atoms. The fourth-order valence-corrected chi connectivity index (χ4v) is 1.99. The molecular formula is C16H19ClN2O. The summed E-state index contributed by atoms with van der Waals surface area (Å²) < 4.78 is 5.80. The molecule has 1 atom stereocenters. The smallest absolute Gasteiger partial charge is 0.121 e. The van der Waals surface area contributed by atoms with E-state index in [1.54, 1.807) is 6.07 Å². The van der Waals surface area contributed by atoms with E-state index in [4.69, 9.17) is 22.1 Å². The molecule has 2 rings (SSSR count). The zero-order valence-corrected chi connectivity index (χ0v) is 12.4. The Labute approximate surface area is 124 Å². The van der Waals surface area contributed by atoms with Gasteiger partial charge < -0.3 is 15.8 Å². The number of rotatable bonds is 5. The molecule has 0 bridgehead atoms. The maximum absolute atomic E-state index is 6.15. The third-order valence-electron chi connectivity index (χ3n) is 3.02. The average molecular weight is 291 g/mol. The highest BCUT2D eigenvalue weighted by molar-refractivity contribution is 6.33. The summed E-state index contributed by atoms with van der Waals surface area (Å²) in [5.74, 6) is 0.843. The van der Waals surface area contributed by atoms with E-state index in [0.29, 0.717) is 10.7 Å². The van der Waals surface area contributed by atoms with Gasteiger partial charge in [0, 0.05) is 17.4 Å². The summed E-state index contributed by atoms with van der Waals surface area (Å²) in [6.45, 7) is 4.15. The van der Waals surface area contributed by atoms with E-state index >= 15 is 0 Å². The maximum atomic E-state index is 6.15. The average Bonchev–Trinajstić information content (AvgIpc) is 2.42. The molecule has 4 heteroatoms. The molecule has 0 amide bonds. The molecule has 0 aliphatic heterocycles. The minimum Gasteiger partial charge on any atom is -0.491 e. The quantitative estimate of drug-likeness (QED) is 0.774. The molecule has 20 heavy (non-hydrogen) atoms. The molecule has 0 heterocycles. The number of hydrogen-bond acceptors (Lipinski definition) is 3. The first-order chi connectivity index (χ1) is 9.58. The van der Waals surface area contributed by atoms with E-state index < -0.39 is 0 Å². The lowest BCUT2D eigenvalue weighted by molar-refractivity contribution is 0.217. The Morgan fingerprint density at radius 3 is 2.75 bits per heavy atom. The summed E-state index contributed by atoms with van der Waals surface area (Å²) in [5.41, 5.74) is 8.08. The molecule has 2 aromatic rings. The van der Waals surface area contributed by atoms with Gasteiger partial charge in [0.1, 0.15) is 5.75 Å². The van der Waals surface area contributed by atoms with Crippen molar-refractivity contribution >= 4 is 28.7 Å². The summed E-state index contributed by atoms with van der Waals surface area (Å²) in [5, 5.41) is 3.86. The molecule has 0 saturated carbocycles. The van der Waals surface area contributed by atoms with Gasteiger partial charge in [-0.2, -0.15) is 0 Å². The minimum atomic E-state index is 0.199. The van der Waals surface area contributed by atoms with Crippen LogP contribution in [0.2, 0.25) is 5.02 Å². The maximum Gasteiger partial charge on any atom is 0.121 e. The van der Waals surface area contributed by atoms with Crippen LogP contribution in [0.1, 0.15) is 20.3 Å². The Morgan fingerprint density at radius 2 is 2.05 bits per heavy atom. The Bertz CT molecular complexity index is 586. The van der Waals surface area contributed by atoms with E-state index in [1.807, 2.05) is 36.4 Å². The SMILES string of the molecule is CCC(C)Oc1cccc(Nc2ccc(N)cc2Cl)c1. The number of halogens is 1. The number of anilines is 3. The summed E-state index contributed by atoms with van der Waals surface area (Å²) in [4.78, 5) is 0. The van der Waals surface area contributed by atoms with Gasteiger partial charge in [-0.3, -0.25) is 0 Å². The largest absolute Gasteiger partial charge is 0.491 e. The number of hydrogen-bond donors (Lipinski definition) is 2. The first-order valence-electron chi connectivity index (χ1n) is 6.67. The second kappa shape index (κ2) is 6.53. The topological polar surface area (TPSA) is 47.3 Å². The standard InChI is InChI=1S/C16H19ClN2O/c1-3-11(2)20-14-6-4-5-13(10-14)19-16-8-7-12(18)9-15(16)17/h4-11,19H,3,18H2,1-2H3. The number of ether oxygens (including phenoxy) is 1. The van der Waals surface area contributed by atoms with Crippen molar-refractivity contribution in [1.82, 2.24) is 0 Å². The third-order valence-corrected chi connectivity index (χ3v) is 3.33. The molecule has 106 valence electrons. The third kappa shape index (κ3) is 3.81. The lowest BCUT2D eigenvalue weighted by Crippen LogP contribution is -2.09. The highest BCUT2D eigenvalue weighted by Crippen LogP contribution is 2.29. The first kappa shape index (κ1) is 14.5. The van der Waals surface area contributed by atoms with E-state index in [9.17, 15) is 0 Å². The van der Waals surface area contributed by atoms with Crippen molar-refractivity contribution in [2.45, 2.75) is 26.4 Å². The van der Waals surface area contributed by atoms with Crippen molar-refractivity contribution in [1.29, 1.82) is 0 Å². The van der Waals surface area contributed by atoms with Gasteiger partial charge >= 0.3 is 0 Å². The molecule has 0 aromatic heterocycles. The minimum absolute atomic E-state index is 0.199. The summed E-state index contributed by atoms with van der Waals surface area (Å²) >= 11 is 6.15. The number of nitrogens with two attached hydrogens (primary N) is 1. The van der Waals surface area contributed by atoms with Gasteiger partial charge in [0.25, 0.3) is 0 Å². The second-order valence-electron chi connectivity index (χ2n) is 4.73. The van der Waals surface area contributed by atoms with Crippen LogP contribution in [0.25, 0.3) is 0 Å². The van der Waals surface area contributed by atoms with E-state index in [1.165, 1.54) is 0 Å². The van der Waals surface area contributed by atoms with Crippen LogP contribution in [0, 0.1) is 0 Å². The molecule has 0 fully saturated rings. The normalized spacial score (nSPS) is 11.9. The van der Waals surface area contributed by atoms with E-state index in [-0.39, 0.29) is 6.10 Å². The second-order valence-corrected chi connectivity index (χ2v) is 5.14. The van der Waals surface area contributed by atoms with E-state index in [2.05, 4.69) is 19.2 Å². The van der Waals surface area contributed by atoms with Crippen LogP contribution in [-0.4, -0.2) is 6.10 Å². The van der Waals surface area contributed by atoms with Crippen LogP contribution < -0.4 is 15.8 Å². The van der Waals surface area contributed by atoms with Crippen molar-refractivity contribution < 1.29 is 4.74 Å². The fourth-order valence-electron chi connectivity index (χ4n) is 1.75. The van der Waals surface area contributed by atoms with Gasteiger partial charge in [-0.1, -0.05) is 24.6 Å². The van der Waals surface area contributed by atoms with Crippen molar-refractivity contribution in [3.05, 3.63) is 47.5 Å². The molecule has 3 nitrogen and oxygen atoms in total. The van der Waals surface area contributed by atoms with Gasteiger partial charge in [0.2, 0.25) is 0 Å². The lowest BCUT2D eigenvalue weighted by Gasteiger charge is -2.14. The molecular weight excluding hydrogens is 272 g/mol. The van der Waals surface area contributed by atoms with Crippen LogP contribution in [0.4, 0.5) is 17.1 Å². The predicted octanol–water partition coefficient (Wildman–Crippen LogP) is 4.84. The van der Waals surface area contributed by atoms with Gasteiger partial charge in [-0.05, 0) is 43.7 Å². The van der Waals surface area contributed by atoms with Gasteiger partial charge in [-0.15, -0.1) is 0 Å². The monoisotopic (exact) mass is 290 g/mol. The first-order valence-corrected chi connectivity index (χ1v) is 7.05. The highest BCUT2D eigenvalue weighted by Gasteiger charge is 2.04. The fraction of sp³-hybridized carbons (Fsp3) is 0.250. The molecule has 0 aliphatic rings. The number of benzene rings is 2. The van der Waals surface area contributed by atoms with Crippen LogP contribution in [-0.2, 0) is 0 Å². The Hall–Kier alpha value is -1.87. The van der Waals surface area contributed by atoms with Gasteiger partial charge in [0.05, 0.1) is 16.8 Å². The van der Waals surface area contributed by atoms with Crippen LogP contribution in [0.15, 0.2) is 42.5 Å². The zero-order chi connectivity index (χ0) is 14.5. The van der Waals surface area contributed by atoms with Crippen LogP contribution in [0.3, 0.4) is 0 Å². The van der Waals surface area contributed by atoms with Crippen LogP contribution >= 0.6 is 11.6 Å². The summed E-state index contributed by atoms with van der Waals surface area (Å²) in [7, 11) is 0. The van der Waals surface area contributed by atoms with Crippen molar-refractivity contribution in [3.8, 4) is 5.75 Å². The molecule has 3 N–H and O–H groups in total. The Morgan fingerprint density at radius 1 is 1.25 bits per heavy atom. The molecule has 2 aromatic carbocycles. The van der Waals surface area contributed by atoms with Crippen molar-refractivity contribution in [2.24, 2.45) is 0 Å². The Balaban J connectivity index is 2.15. The lowest BCUT2D eigenvalue weighted by atomic mass is 10.2. The molecule has 0 aliphatic carbocycles. The Kier molecular flexibility index (Phi) is 4.74. The van der Waals surface area contributed by atoms with Crippen molar-refractivity contribution in [2.75, 3.05) is 11.1 Å². The van der Waals surface area contributed by atoms with Crippen LogP contribution in [0.5, 0.6) is 5.75 Å². The van der Waals surface area contributed by atoms with Gasteiger partial charge in [-0.25, -0.2) is 0 Å². The molecule has 1 unspecified atom stereocenters. The predicted molar refractivity (Wildman–Crippen MR) is 86.0 cm³/mol. The molecule has 0 radical (unpaired) electrons. The number of nitrogens with one attached hydrogen (secondary N) is 1. The zero-order valence-electron chi connectivity index (χ0n) is 11.7. The molecule has 0 saturated heterocycles. The van der Waals surface area contributed by atoms with Gasteiger partial charge in [0.15, 0.2) is 0 Å². The van der Waals surface area contributed by atoms with E-state index in [0.717, 1.165) is 23.5 Å². The number of nitrogen functional groups attached to an aromatic ring is 1. The van der Waals surface area contributed by atoms with Crippen molar-refractivity contribution in [3.63, 3.8) is 0 Å². The highest BCUT2D eigenvalue weighted by atomic mass is 35.5.